The maximum absolute atomic E-state index is 13.7. The number of nitrogens with two attached hydrogens (primary N) is 1. The zero-order valence-corrected chi connectivity index (χ0v) is 12.0. The van der Waals surface area contributed by atoms with Gasteiger partial charge in [0.15, 0.2) is 0 Å². The highest BCUT2D eigenvalue weighted by molar-refractivity contribution is 7.26. The van der Waals surface area contributed by atoms with Gasteiger partial charge in [0.1, 0.15) is 11.6 Å². The molecule has 0 saturated carbocycles. The molecule has 2 nitrogen and oxygen atoms in total. The van der Waals surface area contributed by atoms with E-state index in [4.69, 9.17) is 5.84 Å². The molecule has 0 aliphatic rings. The van der Waals surface area contributed by atoms with Gasteiger partial charge < -0.3 is 0 Å². The SMILES string of the molecule is NNC(Cc1c(F)cccc1F)c1cc2sccc2s1. The van der Waals surface area contributed by atoms with Gasteiger partial charge >= 0.3 is 0 Å². The van der Waals surface area contributed by atoms with Crippen LogP contribution in [0.15, 0.2) is 35.7 Å². The van der Waals surface area contributed by atoms with E-state index < -0.39 is 11.6 Å². The van der Waals surface area contributed by atoms with Crippen molar-refractivity contribution >= 4 is 32.1 Å². The number of halogens is 2. The minimum absolute atomic E-state index is 0.0622. The van der Waals surface area contributed by atoms with Crippen molar-refractivity contribution in [3.05, 3.63) is 57.8 Å². The fourth-order valence-corrected chi connectivity index (χ4v) is 4.31. The first-order chi connectivity index (χ1) is 9.69. The molecule has 2 aromatic heterocycles. The lowest BCUT2D eigenvalue weighted by atomic mass is 10.0. The van der Waals surface area contributed by atoms with Gasteiger partial charge in [0.25, 0.3) is 0 Å². The van der Waals surface area contributed by atoms with Gasteiger partial charge in [-0.25, -0.2) is 8.78 Å². The lowest BCUT2D eigenvalue weighted by Gasteiger charge is -2.15. The molecule has 1 atom stereocenters. The van der Waals surface area contributed by atoms with E-state index in [0.717, 1.165) is 4.88 Å². The van der Waals surface area contributed by atoms with Gasteiger partial charge in [-0.05, 0) is 36.1 Å². The summed E-state index contributed by atoms with van der Waals surface area (Å²) < 4.78 is 29.7. The molecule has 0 fully saturated rings. The van der Waals surface area contributed by atoms with E-state index in [1.165, 1.54) is 27.6 Å². The molecule has 3 rings (SSSR count). The Morgan fingerprint density at radius 1 is 1.15 bits per heavy atom. The second kappa shape index (κ2) is 5.57. The molecule has 20 heavy (non-hydrogen) atoms. The molecule has 3 aromatic rings. The first-order valence-electron chi connectivity index (χ1n) is 6.05. The quantitative estimate of drug-likeness (QED) is 0.565. The molecule has 0 amide bonds. The van der Waals surface area contributed by atoms with Gasteiger partial charge in [0.2, 0.25) is 0 Å². The number of thiophene rings is 2. The van der Waals surface area contributed by atoms with Crippen LogP contribution in [0.25, 0.3) is 9.40 Å². The highest BCUT2D eigenvalue weighted by atomic mass is 32.1. The van der Waals surface area contributed by atoms with Gasteiger partial charge in [0.05, 0.1) is 6.04 Å². The maximum atomic E-state index is 13.7. The van der Waals surface area contributed by atoms with Crippen molar-refractivity contribution in [1.29, 1.82) is 0 Å². The summed E-state index contributed by atoms with van der Waals surface area (Å²) in [6.07, 6.45) is 0.183. The Morgan fingerprint density at radius 3 is 2.55 bits per heavy atom. The van der Waals surface area contributed by atoms with Crippen molar-refractivity contribution in [1.82, 2.24) is 5.43 Å². The molecular formula is C14H12F2N2S2. The zero-order valence-electron chi connectivity index (χ0n) is 10.4. The monoisotopic (exact) mass is 310 g/mol. The van der Waals surface area contributed by atoms with Crippen molar-refractivity contribution in [3.63, 3.8) is 0 Å². The Kier molecular flexibility index (Phi) is 3.80. The van der Waals surface area contributed by atoms with E-state index in [2.05, 4.69) is 5.43 Å². The Hall–Kier alpha value is -1.34. The first kappa shape index (κ1) is 13.6. The van der Waals surface area contributed by atoms with E-state index >= 15 is 0 Å². The van der Waals surface area contributed by atoms with Gasteiger partial charge in [-0.3, -0.25) is 11.3 Å². The third kappa shape index (κ3) is 2.47. The lowest BCUT2D eigenvalue weighted by Crippen LogP contribution is -2.29. The molecule has 1 unspecified atom stereocenters. The largest absolute Gasteiger partial charge is 0.271 e. The van der Waals surface area contributed by atoms with Crippen LogP contribution in [0.3, 0.4) is 0 Å². The van der Waals surface area contributed by atoms with E-state index in [0.29, 0.717) is 0 Å². The molecule has 0 radical (unpaired) electrons. The van der Waals surface area contributed by atoms with Crippen molar-refractivity contribution in [3.8, 4) is 0 Å². The van der Waals surface area contributed by atoms with Crippen LogP contribution in [-0.4, -0.2) is 0 Å². The number of fused-ring (bicyclic) bond motifs is 1. The van der Waals surface area contributed by atoms with Crippen LogP contribution in [-0.2, 0) is 6.42 Å². The number of hydrogen-bond donors (Lipinski definition) is 2. The Morgan fingerprint density at radius 2 is 1.90 bits per heavy atom. The van der Waals surface area contributed by atoms with Crippen LogP contribution in [0, 0.1) is 11.6 Å². The summed E-state index contributed by atoms with van der Waals surface area (Å²) in [6.45, 7) is 0. The Labute approximate surface area is 122 Å². The molecular weight excluding hydrogens is 298 g/mol. The van der Waals surface area contributed by atoms with Crippen molar-refractivity contribution < 1.29 is 8.78 Å². The second-order valence-electron chi connectivity index (χ2n) is 4.42. The van der Waals surface area contributed by atoms with Crippen molar-refractivity contribution in [2.24, 2.45) is 5.84 Å². The first-order valence-corrected chi connectivity index (χ1v) is 7.74. The second-order valence-corrected chi connectivity index (χ2v) is 6.48. The van der Waals surface area contributed by atoms with E-state index in [1.807, 2.05) is 17.5 Å². The highest BCUT2D eigenvalue weighted by Crippen LogP contribution is 2.34. The van der Waals surface area contributed by atoms with Gasteiger partial charge in [-0.15, -0.1) is 22.7 Å². The summed E-state index contributed by atoms with van der Waals surface area (Å²) in [4.78, 5) is 0.983. The molecule has 0 bridgehead atoms. The molecule has 104 valence electrons. The Bertz CT molecular complexity index is 687. The predicted molar refractivity (Wildman–Crippen MR) is 79.8 cm³/mol. The number of rotatable bonds is 4. The molecule has 6 heteroatoms. The van der Waals surface area contributed by atoms with Gasteiger partial charge in [0, 0.05) is 19.8 Å². The van der Waals surface area contributed by atoms with Crippen LogP contribution in [0.2, 0.25) is 0 Å². The number of hydrogen-bond acceptors (Lipinski definition) is 4. The summed E-state index contributed by atoms with van der Waals surface area (Å²) >= 11 is 3.23. The van der Waals surface area contributed by atoms with E-state index in [-0.39, 0.29) is 18.0 Å². The van der Waals surface area contributed by atoms with Crippen LogP contribution in [0.1, 0.15) is 16.5 Å². The van der Waals surface area contributed by atoms with E-state index in [9.17, 15) is 8.78 Å². The highest BCUT2D eigenvalue weighted by Gasteiger charge is 2.18. The molecule has 3 N–H and O–H groups in total. The minimum Gasteiger partial charge on any atom is -0.271 e. The maximum Gasteiger partial charge on any atom is 0.129 e. The third-order valence-electron chi connectivity index (χ3n) is 3.17. The molecule has 0 aliphatic heterocycles. The van der Waals surface area contributed by atoms with Crippen molar-refractivity contribution in [2.75, 3.05) is 0 Å². The number of hydrazine groups is 1. The summed E-state index contributed by atoms with van der Waals surface area (Å²) in [5.74, 6) is 4.48. The van der Waals surface area contributed by atoms with Crippen LogP contribution in [0.4, 0.5) is 8.78 Å². The molecule has 0 aliphatic carbocycles. The zero-order chi connectivity index (χ0) is 14.1. The standard InChI is InChI=1S/C14H12F2N2S2/c15-9-2-1-3-10(16)8(9)6-11(18-17)13-7-14-12(20-13)4-5-19-14/h1-5,7,11,18H,6,17H2. The average molecular weight is 310 g/mol. The van der Waals surface area contributed by atoms with Crippen LogP contribution in [0.5, 0.6) is 0 Å². The minimum atomic E-state index is -0.538. The average Bonchev–Trinajstić information content (AvgIpc) is 2.99. The summed E-state index contributed by atoms with van der Waals surface area (Å²) in [5.41, 5.74) is 2.72. The van der Waals surface area contributed by atoms with Gasteiger partial charge in [-0.2, -0.15) is 0 Å². The third-order valence-corrected chi connectivity index (χ3v) is 5.38. The number of nitrogens with one attached hydrogen (secondary N) is 1. The smallest absolute Gasteiger partial charge is 0.129 e. The van der Waals surface area contributed by atoms with Crippen LogP contribution >= 0.6 is 22.7 Å². The molecule has 0 spiro atoms. The van der Waals surface area contributed by atoms with Crippen molar-refractivity contribution in [2.45, 2.75) is 12.5 Å². The topological polar surface area (TPSA) is 38.0 Å². The number of benzene rings is 1. The lowest BCUT2D eigenvalue weighted by molar-refractivity contribution is 0.504. The summed E-state index contributed by atoms with van der Waals surface area (Å²) in [5, 5.41) is 2.02. The van der Waals surface area contributed by atoms with Crippen LogP contribution < -0.4 is 11.3 Å². The fraction of sp³-hybridized carbons (Fsp3) is 0.143. The van der Waals surface area contributed by atoms with Gasteiger partial charge in [-0.1, -0.05) is 6.07 Å². The fourth-order valence-electron chi connectivity index (χ4n) is 2.13. The normalized spacial score (nSPS) is 12.9. The summed E-state index contributed by atoms with van der Waals surface area (Å²) in [7, 11) is 0. The molecule has 0 saturated heterocycles. The molecule has 1 aromatic carbocycles. The summed E-state index contributed by atoms with van der Waals surface area (Å²) in [6, 6.07) is 7.64. The molecule has 2 heterocycles. The van der Waals surface area contributed by atoms with E-state index in [1.54, 1.807) is 22.7 Å². The Balaban J connectivity index is 1.92. The predicted octanol–water partition coefficient (Wildman–Crippen LogP) is 3.99.